The Morgan fingerprint density at radius 2 is 1.70 bits per heavy atom. The van der Waals surface area contributed by atoms with Crippen molar-refractivity contribution >= 4 is 15.7 Å². The highest BCUT2D eigenvalue weighted by Gasteiger charge is 2.01. The molecule has 0 unspecified atom stereocenters. The highest BCUT2D eigenvalue weighted by Crippen LogP contribution is 2.00. The Morgan fingerprint density at radius 3 is 2.30 bits per heavy atom. The zero-order chi connectivity index (χ0) is 15.4. The van der Waals surface area contributed by atoms with Crippen molar-refractivity contribution in [1.82, 2.24) is 5.32 Å². The molecule has 0 fully saturated rings. The fourth-order valence-corrected chi connectivity index (χ4v) is 2.20. The van der Waals surface area contributed by atoms with Crippen LogP contribution in [-0.2, 0) is 19.4 Å². The molecule has 0 saturated carbocycles. The van der Waals surface area contributed by atoms with Gasteiger partial charge in [-0.25, -0.2) is 8.42 Å². The first kappa shape index (κ1) is 19.1. The summed E-state index contributed by atoms with van der Waals surface area (Å²) in [6, 6.07) is 0. The molecule has 0 spiro atoms. The molecule has 1 N–H and O–H groups in total. The molecule has 118 valence electrons. The Kier molecular flexibility index (Phi) is 10.4. The summed E-state index contributed by atoms with van der Waals surface area (Å²) >= 11 is 0. The third-order valence-electron chi connectivity index (χ3n) is 2.69. The van der Waals surface area contributed by atoms with Crippen LogP contribution in [0.4, 0.5) is 0 Å². The highest BCUT2D eigenvalue weighted by atomic mass is 32.2. The molecule has 0 rings (SSSR count). The largest absolute Gasteiger partial charge is 0.381 e. The fraction of sp³-hybridized carbons (Fsp3) is 0.786. The van der Waals surface area contributed by atoms with Gasteiger partial charge in [-0.1, -0.05) is 19.4 Å². The molecule has 20 heavy (non-hydrogen) atoms. The molecule has 0 aromatic carbocycles. The standard InChI is InChI=1S/C14H27NO4S/c1-13(2)14(16)15-9-6-4-5-7-10-19-11-8-12-20(3,17)18/h1,4-12H2,2-3H3,(H,15,16). The highest BCUT2D eigenvalue weighted by molar-refractivity contribution is 7.90. The van der Waals surface area contributed by atoms with Crippen molar-refractivity contribution in [2.75, 3.05) is 31.8 Å². The van der Waals surface area contributed by atoms with Gasteiger partial charge in [-0.2, -0.15) is 0 Å². The number of carbonyl (C=O) groups is 1. The number of hydrogen-bond donors (Lipinski definition) is 1. The Morgan fingerprint density at radius 1 is 1.10 bits per heavy atom. The lowest BCUT2D eigenvalue weighted by atomic mass is 10.2. The van der Waals surface area contributed by atoms with Gasteiger partial charge in [0.2, 0.25) is 5.91 Å². The van der Waals surface area contributed by atoms with Crippen molar-refractivity contribution in [3.8, 4) is 0 Å². The van der Waals surface area contributed by atoms with E-state index in [2.05, 4.69) is 11.9 Å². The second-order valence-electron chi connectivity index (χ2n) is 5.05. The number of ether oxygens (including phenoxy) is 1. The minimum Gasteiger partial charge on any atom is -0.381 e. The molecule has 5 nitrogen and oxygen atoms in total. The van der Waals surface area contributed by atoms with Crippen molar-refractivity contribution in [3.05, 3.63) is 12.2 Å². The summed E-state index contributed by atoms with van der Waals surface area (Å²) in [7, 11) is -2.87. The number of unbranched alkanes of at least 4 members (excludes halogenated alkanes) is 3. The van der Waals surface area contributed by atoms with Crippen molar-refractivity contribution in [2.24, 2.45) is 0 Å². The second kappa shape index (κ2) is 10.9. The van der Waals surface area contributed by atoms with Gasteiger partial charge >= 0.3 is 0 Å². The van der Waals surface area contributed by atoms with Crippen LogP contribution < -0.4 is 5.32 Å². The van der Waals surface area contributed by atoms with Gasteiger partial charge in [0.25, 0.3) is 0 Å². The van der Waals surface area contributed by atoms with Crippen LogP contribution in [0, 0.1) is 0 Å². The van der Waals surface area contributed by atoms with Gasteiger partial charge in [-0.05, 0) is 26.2 Å². The molecular weight excluding hydrogens is 278 g/mol. The van der Waals surface area contributed by atoms with E-state index in [0.29, 0.717) is 31.8 Å². The van der Waals surface area contributed by atoms with Gasteiger partial charge in [0, 0.05) is 31.6 Å². The predicted octanol–water partition coefficient (Wildman–Crippen LogP) is 1.69. The topological polar surface area (TPSA) is 72.5 Å². The molecule has 6 heteroatoms. The molecule has 0 aliphatic carbocycles. The maximum Gasteiger partial charge on any atom is 0.246 e. The van der Waals surface area contributed by atoms with Gasteiger partial charge in [-0.15, -0.1) is 0 Å². The van der Waals surface area contributed by atoms with Crippen molar-refractivity contribution in [1.29, 1.82) is 0 Å². The van der Waals surface area contributed by atoms with E-state index in [1.165, 1.54) is 6.26 Å². The van der Waals surface area contributed by atoms with E-state index in [1.54, 1.807) is 6.92 Å². The molecule has 0 bridgehead atoms. The van der Waals surface area contributed by atoms with E-state index in [0.717, 1.165) is 25.7 Å². The zero-order valence-corrected chi connectivity index (χ0v) is 13.4. The number of sulfone groups is 1. The summed E-state index contributed by atoms with van der Waals surface area (Å²) in [5.41, 5.74) is 0.535. The summed E-state index contributed by atoms with van der Waals surface area (Å²) < 4.78 is 27.1. The first-order chi connectivity index (χ1) is 9.33. The summed E-state index contributed by atoms with van der Waals surface area (Å²) in [4.78, 5) is 11.2. The van der Waals surface area contributed by atoms with Crippen molar-refractivity contribution in [2.45, 2.75) is 39.0 Å². The summed E-state index contributed by atoms with van der Waals surface area (Å²) in [6.45, 7) is 7.11. The van der Waals surface area contributed by atoms with E-state index in [-0.39, 0.29) is 11.7 Å². The van der Waals surface area contributed by atoms with Crippen LogP contribution >= 0.6 is 0 Å². The molecule has 0 aliphatic rings. The fourth-order valence-electron chi connectivity index (χ4n) is 1.56. The SMILES string of the molecule is C=C(C)C(=O)NCCCCCCOCCCS(C)(=O)=O. The lowest BCUT2D eigenvalue weighted by Gasteiger charge is -2.05. The molecule has 0 aromatic heterocycles. The number of nitrogens with one attached hydrogen (secondary N) is 1. The van der Waals surface area contributed by atoms with Gasteiger partial charge in [0.1, 0.15) is 9.84 Å². The summed E-state index contributed by atoms with van der Waals surface area (Å²) in [5, 5.41) is 2.79. The van der Waals surface area contributed by atoms with Crippen molar-refractivity contribution in [3.63, 3.8) is 0 Å². The Bertz CT molecular complexity index is 390. The molecular formula is C14H27NO4S. The second-order valence-corrected chi connectivity index (χ2v) is 7.31. The predicted molar refractivity (Wildman–Crippen MR) is 81.4 cm³/mol. The van der Waals surface area contributed by atoms with E-state index >= 15 is 0 Å². The van der Waals surface area contributed by atoms with Gasteiger partial charge < -0.3 is 10.1 Å². The number of carbonyl (C=O) groups excluding carboxylic acids is 1. The number of amides is 1. The van der Waals surface area contributed by atoms with Crippen LogP contribution in [-0.4, -0.2) is 46.1 Å². The van der Waals surface area contributed by atoms with E-state index in [4.69, 9.17) is 4.74 Å². The molecule has 0 heterocycles. The third kappa shape index (κ3) is 13.5. The van der Waals surface area contributed by atoms with Crippen LogP contribution in [0.5, 0.6) is 0 Å². The van der Waals surface area contributed by atoms with E-state index < -0.39 is 9.84 Å². The Labute approximate surface area is 122 Å². The van der Waals surface area contributed by atoms with Crippen LogP contribution in [0.3, 0.4) is 0 Å². The molecule has 0 aliphatic heterocycles. The monoisotopic (exact) mass is 305 g/mol. The quantitative estimate of drug-likeness (QED) is 0.440. The minimum absolute atomic E-state index is 0.0841. The van der Waals surface area contributed by atoms with Gasteiger partial charge in [0.15, 0.2) is 0 Å². The summed E-state index contributed by atoms with van der Waals surface area (Å²) in [5.74, 6) is 0.106. The summed E-state index contributed by atoms with van der Waals surface area (Å²) in [6.07, 6.45) is 5.81. The van der Waals surface area contributed by atoms with Gasteiger partial charge in [0.05, 0.1) is 5.75 Å². The molecule has 0 saturated heterocycles. The lowest BCUT2D eigenvalue weighted by Crippen LogP contribution is -2.24. The normalized spacial score (nSPS) is 11.3. The van der Waals surface area contributed by atoms with Crippen LogP contribution in [0.25, 0.3) is 0 Å². The Balaban J connectivity index is 3.21. The minimum atomic E-state index is -2.87. The van der Waals surface area contributed by atoms with Crippen molar-refractivity contribution < 1.29 is 17.9 Å². The van der Waals surface area contributed by atoms with Crippen LogP contribution in [0.2, 0.25) is 0 Å². The molecule has 1 amide bonds. The first-order valence-corrected chi connectivity index (χ1v) is 9.08. The van der Waals surface area contributed by atoms with E-state index in [9.17, 15) is 13.2 Å². The molecule has 0 aromatic rings. The number of rotatable bonds is 12. The average Bonchev–Trinajstić information content (AvgIpc) is 2.34. The smallest absolute Gasteiger partial charge is 0.246 e. The molecule has 0 radical (unpaired) electrons. The average molecular weight is 305 g/mol. The van der Waals surface area contributed by atoms with Gasteiger partial charge in [-0.3, -0.25) is 4.79 Å². The third-order valence-corrected chi connectivity index (χ3v) is 3.72. The van der Waals surface area contributed by atoms with Crippen LogP contribution in [0.15, 0.2) is 12.2 Å². The van der Waals surface area contributed by atoms with Crippen LogP contribution in [0.1, 0.15) is 39.0 Å². The maximum absolute atomic E-state index is 11.2. The number of hydrogen-bond acceptors (Lipinski definition) is 4. The van der Waals surface area contributed by atoms with E-state index in [1.807, 2.05) is 0 Å². The molecule has 0 atom stereocenters. The zero-order valence-electron chi connectivity index (χ0n) is 12.6. The lowest BCUT2D eigenvalue weighted by molar-refractivity contribution is -0.117. The first-order valence-electron chi connectivity index (χ1n) is 7.02. The Hall–Kier alpha value is -0.880. The maximum atomic E-state index is 11.2.